The summed E-state index contributed by atoms with van der Waals surface area (Å²) in [4.78, 5) is 24.6. The molecule has 0 fully saturated rings. The Hall–Kier alpha value is -2.80. The third-order valence-electron chi connectivity index (χ3n) is 2.42. The average molecular weight is 279 g/mol. The van der Waals surface area contributed by atoms with Crippen LogP contribution in [0, 0.1) is 10.1 Å². The van der Waals surface area contributed by atoms with Gasteiger partial charge in [0, 0.05) is 29.6 Å². The van der Waals surface area contributed by atoms with Crippen LogP contribution in [0.1, 0.15) is 16.8 Å². The number of methoxy groups -OCH3 is 1. The Bertz CT molecular complexity index is 554. The van der Waals surface area contributed by atoms with Gasteiger partial charge in [-0.3, -0.25) is 14.9 Å². The van der Waals surface area contributed by atoms with E-state index in [1.165, 1.54) is 19.2 Å². The Kier molecular flexibility index (Phi) is 5.79. The smallest absolute Gasteiger partial charge is 0.311 e. The van der Waals surface area contributed by atoms with Crippen LogP contribution in [0.25, 0.3) is 10.4 Å². The van der Waals surface area contributed by atoms with Crippen LogP contribution in [-0.4, -0.2) is 31.0 Å². The highest BCUT2D eigenvalue weighted by atomic mass is 16.6. The van der Waals surface area contributed by atoms with Crippen LogP contribution in [0.3, 0.4) is 0 Å². The van der Waals surface area contributed by atoms with E-state index in [0.29, 0.717) is 13.0 Å². The maximum atomic E-state index is 11.8. The number of nitro groups is 1. The second kappa shape index (κ2) is 7.59. The molecule has 20 heavy (non-hydrogen) atoms. The maximum absolute atomic E-state index is 11.8. The molecule has 0 heterocycles. The van der Waals surface area contributed by atoms with Gasteiger partial charge in [-0.1, -0.05) is 5.11 Å². The number of hydrogen-bond acceptors (Lipinski definition) is 5. The zero-order valence-electron chi connectivity index (χ0n) is 10.8. The number of nitrogens with one attached hydrogen (secondary N) is 1. The highest BCUT2D eigenvalue weighted by molar-refractivity contribution is 5.95. The summed E-state index contributed by atoms with van der Waals surface area (Å²) < 4.78 is 4.85. The van der Waals surface area contributed by atoms with E-state index in [1.54, 1.807) is 0 Å². The molecule has 0 aromatic heterocycles. The number of benzene rings is 1. The van der Waals surface area contributed by atoms with E-state index in [1.807, 2.05) is 0 Å². The number of ether oxygens (including phenoxy) is 1. The maximum Gasteiger partial charge on any atom is 0.311 e. The van der Waals surface area contributed by atoms with Crippen molar-refractivity contribution in [2.24, 2.45) is 5.11 Å². The number of carbonyl (C=O) groups is 1. The van der Waals surface area contributed by atoms with Crippen LogP contribution >= 0.6 is 0 Å². The normalized spacial score (nSPS) is 9.45. The van der Waals surface area contributed by atoms with Crippen molar-refractivity contribution in [1.29, 1.82) is 0 Å². The van der Waals surface area contributed by atoms with Gasteiger partial charge in [0.25, 0.3) is 5.91 Å². The van der Waals surface area contributed by atoms with Crippen molar-refractivity contribution in [3.63, 3.8) is 0 Å². The quantitative estimate of drug-likeness (QED) is 0.204. The molecule has 1 aromatic carbocycles. The topological polar surface area (TPSA) is 130 Å². The van der Waals surface area contributed by atoms with E-state index in [9.17, 15) is 14.9 Å². The number of nitro benzene ring substituents is 1. The van der Waals surface area contributed by atoms with E-state index >= 15 is 0 Å². The van der Waals surface area contributed by atoms with Gasteiger partial charge in [-0.2, -0.15) is 0 Å². The van der Waals surface area contributed by atoms with Crippen molar-refractivity contribution in [3.05, 3.63) is 44.3 Å². The van der Waals surface area contributed by atoms with Gasteiger partial charge in [0.05, 0.1) is 12.0 Å². The number of rotatable bonds is 7. The lowest BCUT2D eigenvalue weighted by atomic mass is 10.1. The van der Waals surface area contributed by atoms with Crippen molar-refractivity contribution >= 4 is 11.6 Å². The van der Waals surface area contributed by atoms with Crippen LogP contribution in [0.15, 0.2) is 23.3 Å². The zero-order chi connectivity index (χ0) is 15.0. The Labute approximate surface area is 114 Å². The van der Waals surface area contributed by atoms with Gasteiger partial charge in [-0.05, 0) is 24.1 Å². The van der Waals surface area contributed by atoms with E-state index in [4.69, 9.17) is 10.3 Å². The summed E-state index contributed by atoms with van der Waals surface area (Å²) in [7, 11) is 1.32. The SMILES string of the molecule is COc1ccc(C(=O)NCCCN=[N+]=[N-])cc1[N+](=O)[O-]. The fourth-order valence-corrected chi connectivity index (χ4v) is 1.47. The first-order valence-corrected chi connectivity index (χ1v) is 5.71. The van der Waals surface area contributed by atoms with Crippen LogP contribution in [-0.2, 0) is 0 Å². The molecule has 0 spiro atoms. The molecule has 1 aromatic rings. The third kappa shape index (κ3) is 4.14. The van der Waals surface area contributed by atoms with Crippen molar-refractivity contribution in [2.75, 3.05) is 20.2 Å². The molecule has 1 rings (SSSR count). The van der Waals surface area contributed by atoms with Gasteiger partial charge >= 0.3 is 5.69 Å². The Morgan fingerprint density at radius 1 is 1.60 bits per heavy atom. The van der Waals surface area contributed by atoms with E-state index in [2.05, 4.69) is 15.3 Å². The van der Waals surface area contributed by atoms with Crippen molar-refractivity contribution in [1.82, 2.24) is 5.32 Å². The minimum absolute atomic E-state index is 0.0925. The van der Waals surface area contributed by atoms with Gasteiger partial charge in [-0.15, -0.1) is 0 Å². The number of carbonyl (C=O) groups excluding carboxylic acids is 1. The fourth-order valence-electron chi connectivity index (χ4n) is 1.47. The lowest BCUT2D eigenvalue weighted by Crippen LogP contribution is -2.24. The van der Waals surface area contributed by atoms with E-state index < -0.39 is 10.8 Å². The highest BCUT2D eigenvalue weighted by Gasteiger charge is 2.17. The molecule has 0 saturated carbocycles. The Morgan fingerprint density at radius 3 is 2.95 bits per heavy atom. The van der Waals surface area contributed by atoms with Gasteiger partial charge in [0.2, 0.25) is 0 Å². The van der Waals surface area contributed by atoms with Crippen LogP contribution in [0.2, 0.25) is 0 Å². The predicted molar refractivity (Wildman–Crippen MR) is 70.6 cm³/mol. The molecule has 9 heteroatoms. The second-order valence-electron chi connectivity index (χ2n) is 3.71. The molecule has 0 saturated heterocycles. The fraction of sp³-hybridized carbons (Fsp3) is 0.364. The zero-order valence-corrected chi connectivity index (χ0v) is 10.8. The molecule has 0 aliphatic rings. The lowest BCUT2D eigenvalue weighted by Gasteiger charge is -2.06. The summed E-state index contributed by atoms with van der Waals surface area (Å²) in [6, 6.07) is 3.96. The summed E-state index contributed by atoms with van der Waals surface area (Å²) in [6.45, 7) is 0.594. The molecule has 0 bridgehead atoms. The van der Waals surface area contributed by atoms with E-state index in [0.717, 1.165) is 6.07 Å². The standard InChI is InChI=1S/C11H13N5O4/c1-20-10-4-3-8(7-9(10)16(18)19)11(17)13-5-2-6-14-15-12/h3-4,7H,2,5-6H2,1H3,(H,13,17). The average Bonchev–Trinajstić information content (AvgIpc) is 2.46. The first-order chi connectivity index (χ1) is 9.60. The first kappa shape index (κ1) is 15.3. The minimum Gasteiger partial charge on any atom is -0.490 e. The molecular weight excluding hydrogens is 266 g/mol. The summed E-state index contributed by atoms with van der Waals surface area (Å²) in [6.07, 6.45) is 0.494. The Balaban J connectivity index is 2.71. The molecule has 0 aliphatic heterocycles. The molecular formula is C11H13N5O4. The predicted octanol–water partition coefficient (Wildman–Crippen LogP) is 2.03. The molecule has 0 radical (unpaired) electrons. The molecule has 1 amide bonds. The summed E-state index contributed by atoms with van der Waals surface area (Å²) >= 11 is 0. The Morgan fingerprint density at radius 2 is 2.35 bits per heavy atom. The summed E-state index contributed by atoms with van der Waals surface area (Å²) in [5.74, 6) is -0.341. The number of azide groups is 1. The van der Waals surface area contributed by atoms with Crippen molar-refractivity contribution in [3.8, 4) is 5.75 Å². The van der Waals surface area contributed by atoms with Crippen molar-refractivity contribution < 1.29 is 14.5 Å². The van der Waals surface area contributed by atoms with Crippen molar-refractivity contribution in [2.45, 2.75) is 6.42 Å². The van der Waals surface area contributed by atoms with Gasteiger partial charge in [0.1, 0.15) is 0 Å². The molecule has 106 valence electrons. The second-order valence-corrected chi connectivity index (χ2v) is 3.71. The minimum atomic E-state index is -0.614. The first-order valence-electron chi connectivity index (χ1n) is 5.71. The third-order valence-corrected chi connectivity index (χ3v) is 2.42. The molecule has 0 aliphatic carbocycles. The number of hydrogen-bond donors (Lipinski definition) is 1. The lowest BCUT2D eigenvalue weighted by molar-refractivity contribution is -0.385. The molecule has 9 nitrogen and oxygen atoms in total. The number of amides is 1. The van der Waals surface area contributed by atoms with Gasteiger partial charge in [-0.25, -0.2) is 0 Å². The van der Waals surface area contributed by atoms with Gasteiger partial charge < -0.3 is 10.1 Å². The molecule has 0 unspecified atom stereocenters. The highest BCUT2D eigenvalue weighted by Crippen LogP contribution is 2.27. The summed E-state index contributed by atoms with van der Waals surface area (Å²) in [5.41, 5.74) is 7.98. The largest absolute Gasteiger partial charge is 0.490 e. The van der Waals surface area contributed by atoms with Crippen LogP contribution in [0.4, 0.5) is 5.69 Å². The molecule has 1 N–H and O–H groups in total. The van der Waals surface area contributed by atoms with Gasteiger partial charge in [0.15, 0.2) is 5.75 Å². The number of nitrogens with zero attached hydrogens (tertiary/aromatic N) is 4. The van der Waals surface area contributed by atoms with Crippen LogP contribution in [0.5, 0.6) is 5.75 Å². The molecule has 0 atom stereocenters. The monoisotopic (exact) mass is 279 g/mol. The van der Waals surface area contributed by atoms with Crippen LogP contribution < -0.4 is 10.1 Å². The summed E-state index contributed by atoms with van der Waals surface area (Å²) in [5, 5.41) is 16.7. The van der Waals surface area contributed by atoms with E-state index in [-0.39, 0.29) is 23.5 Å².